The summed E-state index contributed by atoms with van der Waals surface area (Å²) in [5.41, 5.74) is 0.480. The summed E-state index contributed by atoms with van der Waals surface area (Å²) in [7, 11) is -3.48. The summed E-state index contributed by atoms with van der Waals surface area (Å²) in [5, 5.41) is 0. The molecule has 0 radical (unpaired) electrons. The minimum Gasteiger partial charge on any atom is -0.457 e. The van der Waals surface area contributed by atoms with Crippen molar-refractivity contribution in [2.45, 2.75) is 18.7 Å². The van der Waals surface area contributed by atoms with Gasteiger partial charge in [-0.05, 0) is 42.5 Å². The van der Waals surface area contributed by atoms with Gasteiger partial charge in [0.15, 0.2) is 6.29 Å². The van der Waals surface area contributed by atoms with Crippen LogP contribution >= 0.6 is 15.9 Å². The lowest BCUT2D eigenvalue weighted by Crippen LogP contribution is -2.30. The lowest BCUT2D eigenvalue weighted by molar-refractivity contribution is 0.112. The molecule has 0 amide bonds. The lowest BCUT2D eigenvalue weighted by atomic mass is 10.2. The molecule has 0 aliphatic heterocycles. The van der Waals surface area contributed by atoms with Crippen LogP contribution in [0.25, 0.3) is 0 Å². The fourth-order valence-corrected chi connectivity index (χ4v) is 4.00. The number of benzene rings is 2. The molecule has 5 nitrogen and oxygen atoms in total. The molecule has 0 aromatic heterocycles. The predicted molar refractivity (Wildman–Crippen MR) is 96.2 cm³/mol. The van der Waals surface area contributed by atoms with Gasteiger partial charge in [0.1, 0.15) is 11.5 Å². The number of rotatable bonds is 7. The molecular weight excluding hydrogens is 394 g/mol. The van der Waals surface area contributed by atoms with Gasteiger partial charge in [-0.2, -0.15) is 4.31 Å². The Morgan fingerprint density at radius 3 is 2.17 bits per heavy atom. The third-order valence-electron chi connectivity index (χ3n) is 3.50. The van der Waals surface area contributed by atoms with Crippen LogP contribution in [0.4, 0.5) is 0 Å². The zero-order chi connectivity index (χ0) is 17.7. The monoisotopic (exact) mass is 411 g/mol. The number of carbonyl (C=O) groups is 1. The second-order valence-corrected chi connectivity index (χ2v) is 7.76. The SMILES string of the molecule is CCN(CC)S(=O)(=O)c1ccc(Oc2ccc(Br)c(C=O)c2)cc1. The first kappa shape index (κ1) is 18.6. The fraction of sp³-hybridized carbons (Fsp3) is 0.235. The van der Waals surface area contributed by atoms with Crippen molar-refractivity contribution in [2.24, 2.45) is 0 Å². The van der Waals surface area contributed by atoms with E-state index >= 15 is 0 Å². The summed E-state index contributed by atoms with van der Waals surface area (Å²) < 4.78 is 32.6. The van der Waals surface area contributed by atoms with E-state index in [1.54, 1.807) is 44.2 Å². The normalized spacial score (nSPS) is 11.5. The van der Waals surface area contributed by atoms with Crippen LogP contribution in [0.1, 0.15) is 24.2 Å². The van der Waals surface area contributed by atoms with Crippen LogP contribution in [0.15, 0.2) is 51.8 Å². The number of carbonyl (C=O) groups excluding carboxylic acids is 1. The van der Waals surface area contributed by atoms with E-state index < -0.39 is 10.0 Å². The van der Waals surface area contributed by atoms with Gasteiger partial charge in [0.25, 0.3) is 0 Å². The van der Waals surface area contributed by atoms with E-state index in [2.05, 4.69) is 15.9 Å². The van der Waals surface area contributed by atoms with Gasteiger partial charge in [-0.3, -0.25) is 4.79 Å². The van der Waals surface area contributed by atoms with E-state index in [-0.39, 0.29) is 4.90 Å². The average Bonchev–Trinajstić information content (AvgIpc) is 2.58. The van der Waals surface area contributed by atoms with Crippen molar-refractivity contribution in [1.29, 1.82) is 0 Å². The largest absolute Gasteiger partial charge is 0.457 e. The third kappa shape index (κ3) is 4.03. The number of ether oxygens (including phenoxy) is 1. The number of halogens is 1. The molecule has 2 rings (SSSR count). The molecule has 0 aliphatic rings. The van der Waals surface area contributed by atoms with E-state index in [9.17, 15) is 13.2 Å². The van der Waals surface area contributed by atoms with Crippen LogP contribution in [0, 0.1) is 0 Å². The van der Waals surface area contributed by atoms with Crippen LogP contribution in [0.3, 0.4) is 0 Å². The Hall–Kier alpha value is -1.70. The second kappa shape index (κ2) is 7.92. The van der Waals surface area contributed by atoms with Crippen LogP contribution in [-0.4, -0.2) is 32.1 Å². The van der Waals surface area contributed by atoms with Crippen molar-refractivity contribution in [3.8, 4) is 11.5 Å². The quantitative estimate of drug-likeness (QED) is 0.643. The Labute approximate surface area is 150 Å². The topological polar surface area (TPSA) is 63.7 Å². The van der Waals surface area contributed by atoms with Crippen LogP contribution in [0.5, 0.6) is 11.5 Å². The van der Waals surface area contributed by atoms with Gasteiger partial charge in [-0.25, -0.2) is 8.42 Å². The summed E-state index contributed by atoms with van der Waals surface area (Å²) in [6.45, 7) is 4.45. The number of hydrogen-bond acceptors (Lipinski definition) is 4. The number of sulfonamides is 1. The maximum atomic E-state index is 12.4. The van der Waals surface area contributed by atoms with E-state index in [1.807, 2.05) is 0 Å². The Morgan fingerprint density at radius 1 is 1.04 bits per heavy atom. The molecule has 0 unspecified atom stereocenters. The second-order valence-electron chi connectivity index (χ2n) is 4.96. The smallest absolute Gasteiger partial charge is 0.243 e. The molecule has 0 saturated heterocycles. The molecule has 0 spiro atoms. The molecule has 0 bridgehead atoms. The van der Waals surface area contributed by atoms with Gasteiger partial charge in [-0.15, -0.1) is 0 Å². The summed E-state index contributed by atoms with van der Waals surface area (Å²) in [6.07, 6.45) is 0.733. The van der Waals surface area contributed by atoms with Crippen LogP contribution in [-0.2, 0) is 10.0 Å². The summed E-state index contributed by atoms with van der Waals surface area (Å²) >= 11 is 3.28. The molecule has 24 heavy (non-hydrogen) atoms. The summed E-state index contributed by atoms with van der Waals surface area (Å²) in [5.74, 6) is 0.993. The number of aldehydes is 1. The zero-order valence-electron chi connectivity index (χ0n) is 13.4. The Balaban J connectivity index is 2.22. The van der Waals surface area contributed by atoms with Crippen LogP contribution < -0.4 is 4.74 Å². The minimum absolute atomic E-state index is 0.225. The maximum absolute atomic E-state index is 12.4. The molecule has 0 heterocycles. The number of hydrogen-bond donors (Lipinski definition) is 0. The zero-order valence-corrected chi connectivity index (χ0v) is 15.8. The Morgan fingerprint density at radius 2 is 1.62 bits per heavy atom. The highest BCUT2D eigenvalue weighted by Crippen LogP contribution is 2.27. The minimum atomic E-state index is -3.48. The molecule has 0 saturated carbocycles. The maximum Gasteiger partial charge on any atom is 0.243 e. The summed E-state index contributed by atoms with van der Waals surface area (Å²) in [6, 6.07) is 11.3. The molecule has 0 fully saturated rings. The van der Waals surface area contributed by atoms with Gasteiger partial charge in [0.2, 0.25) is 10.0 Å². The first-order chi connectivity index (χ1) is 11.4. The lowest BCUT2D eigenvalue weighted by Gasteiger charge is -2.18. The van der Waals surface area contributed by atoms with Crippen molar-refractivity contribution in [1.82, 2.24) is 4.31 Å². The molecule has 2 aromatic carbocycles. The molecule has 7 heteroatoms. The standard InChI is InChI=1S/C17H18BrNO4S/c1-3-19(4-2)24(21,22)16-8-5-14(6-9-16)23-15-7-10-17(18)13(11-15)12-20/h5-12H,3-4H2,1-2H3. The van der Waals surface area contributed by atoms with Crippen molar-refractivity contribution in [3.05, 3.63) is 52.5 Å². The highest BCUT2D eigenvalue weighted by molar-refractivity contribution is 9.10. The van der Waals surface area contributed by atoms with E-state index in [0.717, 1.165) is 6.29 Å². The molecule has 128 valence electrons. The average molecular weight is 412 g/mol. The summed E-state index contributed by atoms with van der Waals surface area (Å²) in [4.78, 5) is 11.2. The van der Waals surface area contributed by atoms with Gasteiger partial charge in [0, 0.05) is 23.1 Å². The first-order valence-corrected chi connectivity index (χ1v) is 9.68. The van der Waals surface area contributed by atoms with Crippen molar-refractivity contribution in [3.63, 3.8) is 0 Å². The highest BCUT2D eigenvalue weighted by Gasteiger charge is 2.21. The fourth-order valence-electron chi connectivity index (χ4n) is 2.20. The molecule has 2 aromatic rings. The Bertz CT molecular complexity index is 815. The predicted octanol–water partition coefficient (Wildman–Crippen LogP) is 4.08. The third-order valence-corrected chi connectivity index (χ3v) is 6.28. The van der Waals surface area contributed by atoms with Crippen LogP contribution in [0.2, 0.25) is 0 Å². The highest BCUT2D eigenvalue weighted by atomic mass is 79.9. The first-order valence-electron chi connectivity index (χ1n) is 7.45. The number of nitrogens with zero attached hydrogens (tertiary/aromatic N) is 1. The molecule has 0 N–H and O–H groups in total. The van der Waals surface area contributed by atoms with Crippen molar-refractivity contribution < 1.29 is 17.9 Å². The van der Waals surface area contributed by atoms with Crippen molar-refractivity contribution in [2.75, 3.05) is 13.1 Å². The van der Waals surface area contributed by atoms with E-state index in [1.165, 1.54) is 16.4 Å². The van der Waals surface area contributed by atoms with E-state index in [4.69, 9.17) is 4.74 Å². The molecule has 0 atom stereocenters. The van der Waals surface area contributed by atoms with Crippen molar-refractivity contribution >= 4 is 32.2 Å². The molecule has 0 aliphatic carbocycles. The molecular formula is C17H18BrNO4S. The Kier molecular flexibility index (Phi) is 6.15. The van der Waals surface area contributed by atoms with Gasteiger partial charge < -0.3 is 4.74 Å². The van der Waals surface area contributed by atoms with Gasteiger partial charge >= 0.3 is 0 Å². The van der Waals surface area contributed by atoms with E-state index in [0.29, 0.717) is 34.6 Å². The van der Waals surface area contributed by atoms with Gasteiger partial charge in [0.05, 0.1) is 4.90 Å². The van der Waals surface area contributed by atoms with Gasteiger partial charge in [-0.1, -0.05) is 29.8 Å².